The third-order valence-electron chi connectivity index (χ3n) is 2.60. The molecule has 0 saturated heterocycles. The summed E-state index contributed by atoms with van der Waals surface area (Å²) in [5, 5.41) is 13.1. The van der Waals surface area contributed by atoms with Gasteiger partial charge in [-0.3, -0.25) is 4.79 Å². The second-order valence-electron chi connectivity index (χ2n) is 4.77. The van der Waals surface area contributed by atoms with Crippen LogP contribution < -0.4 is 5.32 Å². The van der Waals surface area contributed by atoms with Crippen molar-refractivity contribution in [1.82, 2.24) is 10.3 Å². The molecule has 0 aliphatic heterocycles. The molecule has 0 fully saturated rings. The molecule has 5 heteroatoms. The number of aliphatic hydroxyl groups excluding tert-OH is 1. The maximum absolute atomic E-state index is 11.8. The van der Waals surface area contributed by atoms with Gasteiger partial charge in [-0.2, -0.15) is 0 Å². The molecule has 0 saturated carbocycles. The Kier molecular flexibility index (Phi) is 6.29. The molecule has 0 bridgehead atoms. The Morgan fingerprint density at radius 2 is 2.28 bits per heavy atom. The zero-order valence-electron chi connectivity index (χ0n) is 11.3. The molecule has 0 spiro atoms. The highest BCUT2D eigenvalue weighted by Crippen LogP contribution is 2.14. The summed E-state index contributed by atoms with van der Waals surface area (Å²) < 4.78 is 0. The van der Waals surface area contributed by atoms with Crippen molar-refractivity contribution in [3.63, 3.8) is 0 Å². The monoisotopic (exact) mass is 270 g/mol. The Morgan fingerprint density at radius 1 is 1.56 bits per heavy atom. The van der Waals surface area contributed by atoms with E-state index in [1.54, 1.807) is 13.1 Å². The van der Waals surface area contributed by atoms with E-state index >= 15 is 0 Å². The summed E-state index contributed by atoms with van der Waals surface area (Å²) in [7, 11) is 0. The number of thiazole rings is 1. The second kappa shape index (κ2) is 7.48. The first-order chi connectivity index (χ1) is 8.52. The number of rotatable bonds is 7. The molecular weight excluding hydrogens is 248 g/mol. The minimum absolute atomic E-state index is 0.0627. The number of aryl methyl sites for hydroxylation is 1. The number of aliphatic hydroxyl groups is 1. The van der Waals surface area contributed by atoms with Crippen molar-refractivity contribution in [2.75, 3.05) is 6.54 Å². The van der Waals surface area contributed by atoms with Gasteiger partial charge in [-0.15, -0.1) is 11.3 Å². The van der Waals surface area contributed by atoms with Gasteiger partial charge in [0.05, 0.1) is 17.3 Å². The highest BCUT2D eigenvalue weighted by molar-refractivity contribution is 7.13. The van der Waals surface area contributed by atoms with Crippen LogP contribution in [0.25, 0.3) is 0 Å². The predicted molar refractivity (Wildman–Crippen MR) is 73.9 cm³/mol. The van der Waals surface area contributed by atoms with Crippen LogP contribution in [0.15, 0.2) is 6.20 Å². The van der Waals surface area contributed by atoms with Crippen LogP contribution in [0.1, 0.15) is 48.3 Å². The van der Waals surface area contributed by atoms with E-state index in [2.05, 4.69) is 17.2 Å². The molecule has 0 aromatic carbocycles. The molecule has 102 valence electrons. The van der Waals surface area contributed by atoms with Crippen LogP contribution in [-0.2, 0) is 6.42 Å². The first-order valence-electron chi connectivity index (χ1n) is 6.43. The first-order valence-corrected chi connectivity index (χ1v) is 7.25. The summed E-state index contributed by atoms with van der Waals surface area (Å²) in [5.74, 6) is 0.212. The molecule has 4 nitrogen and oxygen atoms in total. The summed E-state index contributed by atoms with van der Waals surface area (Å²) in [6, 6.07) is 0. The standard InChI is InChI=1S/C13H22N2O2S/c1-4-5-12-14-8-11(18-12)13(17)15-7-9(2)6-10(3)16/h8-10,16H,4-7H2,1-3H3,(H,15,17). The lowest BCUT2D eigenvalue weighted by atomic mass is 10.0. The minimum atomic E-state index is -0.323. The van der Waals surface area contributed by atoms with Crippen molar-refractivity contribution in [3.05, 3.63) is 16.1 Å². The van der Waals surface area contributed by atoms with Gasteiger partial charge in [-0.1, -0.05) is 13.8 Å². The van der Waals surface area contributed by atoms with Crippen LogP contribution >= 0.6 is 11.3 Å². The van der Waals surface area contributed by atoms with Crippen LogP contribution in [0.5, 0.6) is 0 Å². The van der Waals surface area contributed by atoms with Gasteiger partial charge in [0.2, 0.25) is 0 Å². The lowest BCUT2D eigenvalue weighted by molar-refractivity contribution is 0.0943. The maximum Gasteiger partial charge on any atom is 0.263 e. The molecule has 18 heavy (non-hydrogen) atoms. The molecular formula is C13H22N2O2S. The molecule has 0 aliphatic rings. The molecule has 1 aromatic rings. The van der Waals surface area contributed by atoms with Crippen molar-refractivity contribution < 1.29 is 9.90 Å². The largest absolute Gasteiger partial charge is 0.393 e. The molecule has 2 atom stereocenters. The van der Waals surface area contributed by atoms with Crippen molar-refractivity contribution in [2.45, 2.75) is 46.1 Å². The minimum Gasteiger partial charge on any atom is -0.393 e. The van der Waals surface area contributed by atoms with Gasteiger partial charge in [-0.25, -0.2) is 4.98 Å². The summed E-state index contributed by atoms with van der Waals surface area (Å²) >= 11 is 1.46. The van der Waals surface area contributed by atoms with Gasteiger partial charge < -0.3 is 10.4 Å². The van der Waals surface area contributed by atoms with Crippen LogP contribution in [0.3, 0.4) is 0 Å². The molecule has 2 N–H and O–H groups in total. The summed E-state index contributed by atoms with van der Waals surface area (Å²) in [5.41, 5.74) is 0. The molecule has 1 heterocycles. The van der Waals surface area contributed by atoms with E-state index in [1.165, 1.54) is 11.3 Å². The second-order valence-corrected chi connectivity index (χ2v) is 5.88. The van der Waals surface area contributed by atoms with E-state index in [-0.39, 0.29) is 17.9 Å². The quantitative estimate of drug-likeness (QED) is 0.798. The molecule has 1 rings (SSSR count). The average Bonchev–Trinajstić information content (AvgIpc) is 2.74. The fraction of sp³-hybridized carbons (Fsp3) is 0.692. The van der Waals surface area contributed by atoms with Crippen LogP contribution in [0, 0.1) is 5.92 Å². The zero-order chi connectivity index (χ0) is 13.5. The highest BCUT2D eigenvalue weighted by Gasteiger charge is 2.12. The Bertz CT molecular complexity index is 377. The Labute approximate surface area is 112 Å². The van der Waals surface area contributed by atoms with Gasteiger partial charge >= 0.3 is 0 Å². The smallest absolute Gasteiger partial charge is 0.263 e. The van der Waals surface area contributed by atoms with Crippen molar-refractivity contribution >= 4 is 17.2 Å². The van der Waals surface area contributed by atoms with Crippen molar-refractivity contribution in [2.24, 2.45) is 5.92 Å². The van der Waals surface area contributed by atoms with Gasteiger partial charge in [0.1, 0.15) is 4.88 Å². The molecule has 0 radical (unpaired) electrons. The van der Waals surface area contributed by atoms with Crippen LogP contribution in [-0.4, -0.2) is 28.6 Å². The number of hydrogen-bond donors (Lipinski definition) is 2. The van der Waals surface area contributed by atoms with E-state index in [9.17, 15) is 9.90 Å². The van der Waals surface area contributed by atoms with Gasteiger partial charge in [0.25, 0.3) is 5.91 Å². The Morgan fingerprint density at radius 3 is 2.89 bits per heavy atom. The molecule has 1 aromatic heterocycles. The number of nitrogens with one attached hydrogen (secondary N) is 1. The SMILES string of the molecule is CCCc1ncc(C(=O)NCC(C)CC(C)O)s1. The average molecular weight is 270 g/mol. The zero-order valence-corrected chi connectivity index (χ0v) is 12.1. The summed E-state index contributed by atoms with van der Waals surface area (Å²) in [6.07, 6.45) is 3.99. The fourth-order valence-corrected chi connectivity index (χ4v) is 2.70. The van der Waals surface area contributed by atoms with Gasteiger partial charge in [-0.05, 0) is 32.1 Å². The third-order valence-corrected chi connectivity index (χ3v) is 3.65. The Hall–Kier alpha value is -0.940. The Balaban J connectivity index is 2.40. The molecule has 1 amide bonds. The normalized spacial score (nSPS) is 14.2. The van der Waals surface area contributed by atoms with Crippen LogP contribution in [0.2, 0.25) is 0 Å². The summed E-state index contributed by atoms with van der Waals surface area (Å²) in [6.45, 7) is 6.46. The number of hydrogen-bond acceptors (Lipinski definition) is 4. The lowest BCUT2D eigenvalue weighted by Gasteiger charge is -2.13. The fourth-order valence-electron chi connectivity index (χ4n) is 1.76. The lowest BCUT2D eigenvalue weighted by Crippen LogP contribution is -2.28. The molecule has 2 unspecified atom stereocenters. The first kappa shape index (κ1) is 15.1. The van der Waals surface area contributed by atoms with Gasteiger partial charge in [0.15, 0.2) is 0 Å². The predicted octanol–water partition coefficient (Wildman–Crippen LogP) is 2.23. The third kappa shape index (κ3) is 5.14. The number of aromatic nitrogens is 1. The summed E-state index contributed by atoms with van der Waals surface area (Å²) in [4.78, 5) is 16.7. The van der Waals surface area contributed by atoms with E-state index < -0.39 is 0 Å². The molecule has 0 aliphatic carbocycles. The topological polar surface area (TPSA) is 62.2 Å². The number of carbonyl (C=O) groups excluding carboxylic acids is 1. The number of nitrogens with zero attached hydrogens (tertiary/aromatic N) is 1. The van der Waals surface area contributed by atoms with E-state index in [0.29, 0.717) is 17.8 Å². The van der Waals surface area contributed by atoms with E-state index in [1.807, 2.05) is 6.92 Å². The van der Waals surface area contributed by atoms with Crippen LogP contribution in [0.4, 0.5) is 0 Å². The van der Waals surface area contributed by atoms with Gasteiger partial charge in [0, 0.05) is 6.54 Å². The maximum atomic E-state index is 11.8. The van der Waals surface area contributed by atoms with E-state index in [0.717, 1.165) is 17.8 Å². The number of carbonyl (C=O) groups is 1. The van der Waals surface area contributed by atoms with E-state index in [4.69, 9.17) is 0 Å². The van der Waals surface area contributed by atoms with Crippen molar-refractivity contribution in [1.29, 1.82) is 0 Å². The number of amides is 1. The highest BCUT2D eigenvalue weighted by atomic mass is 32.1. The van der Waals surface area contributed by atoms with Crippen molar-refractivity contribution in [3.8, 4) is 0 Å².